The lowest BCUT2D eigenvalue weighted by Gasteiger charge is -2.31. The number of nitrogens with zero attached hydrogens (tertiary/aromatic N) is 1. The molecule has 0 aliphatic carbocycles. The summed E-state index contributed by atoms with van der Waals surface area (Å²) in [6, 6.07) is 7.37. The lowest BCUT2D eigenvalue weighted by molar-refractivity contribution is 0.0650. The number of likely N-dealkylation sites (tertiary alicyclic amines) is 1. The molecule has 2 rings (SSSR count). The molecule has 4 heteroatoms. The topological polar surface area (TPSA) is 66.6 Å². The number of hydrogen-bond acceptors (Lipinski definition) is 3. The van der Waals surface area contributed by atoms with E-state index in [2.05, 4.69) is 11.8 Å². The number of rotatable bonds is 2. The summed E-state index contributed by atoms with van der Waals surface area (Å²) in [7, 11) is 0. The van der Waals surface area contributed by atoms with Crippen LogP contribution in [-0.4, -0.2) is 42.2 Å². The van der Waals surface area contributed by atoms with Crippen LogP contribution in [0, 0.1) is 17.8 Å². The Morgan fingerprint density at radius 3 is 2.70 bits per heavy atom. The van der Waals surface area contributed by atoms with Crippen LogP contribution in [0.1, 0.15) is 28.8 Å². The van der Waals surface area contributed by atoms with Crippen molar-refractivity contribution in [1.82, 2.24) is 4.90 Å². The lowest BCUT2D eigenvalue weighted by atomic mass is 9.97. The standard InChI is InChI=1S/C16H20N2O2/c17-9-3-5-14-4-1-2-6-15(14)16(20)18-10-7-13(12-19)8-11-18/h1-2,4,6,13,19H,7-12,17H2. The zero-order valence-electron chi connectivity index (χ0n) is 11.5. The Kier molecular flexibility index (Phi) is 5.16. The van der Waals surface area contributed by atoms with Crippen LogP contribution in [0.2, 0.25) is 0 Å². The molecule has 0 bridgehead atoms. The van der Waals surface area contributed by atoms with E-state index < -0.39 is 0 Å². The molecular weight excluding hydrogens is 252 g/mol. The summed E-state index contributed by atoms with van der Waals surface area (Å²) in [6.07, 6.45) is 1.72. The van der Waals surface area contributed by atoms with Gasteiger partial charge in [0.15, 0.2) is 0 Å². The lowest BCUT2D eigenvalue weighted by Crippen LogP contribution is -2.39. The normalized spacial score (nSPS) is 15.6. The number of aliphatic hydroxyl groups is 1. The Balaban J connectivity index is 2.13. The number of hydrogen-bond donors (Lipinski definition) is 2. The van der Waals surface area contributed by atoms with Gasteiger partial charge in [0.2, 0.25) is 0 Å². The minimum absolute atomic E-state index is 0.0170. The Hall–Kier alpha value is -1.83. The minimum atomic E-state index is 0.0170. The number of amides is 1. The van der Waals surface area contributed by atoms with Gasteiger partial charge in [-0.15, -0.1) is 0 Å². The maximum Gasteiger partial charge on any atom is 0.255 e. The number of benzene rings is 1. The van der Waals surface area contributed by atoms with Gasteiger partial charge >= 0.3 is 0 Å². The van der Waals surface area contributed by atoms with E-state index in [0.717, 1.165) is 18.4 Å². The quantitative estimate of drug-likeness (QED) is 0.784. The molecule has 20 heavy (non-hydrogen) atoms. The largest absolute Gasteiger partial charge is 0.396 e. The van der Waals surface area contributed by atoms with Gasteiger partial charge in [0.25, 0.3) is 5.91 Å². The molecule has 1 saturated heterocycles. The van der Waals surface area contributed by atoms with Crippen LogP contribution in [0.25, 0.3) is 0 Å². The van der Waals surface area contributed by atoms with Crippen molar-refractivity contribution in [3.05, 3.63) is 35.4 Å². The molecule has 0 radical (unpaired) electrons. The SMILES string of the molecule is NCC#Cc1ccccc1C(=O)N1CCC(CO)CC1. The van der Waals surface area contributed by atoms with Crippen LogP contribution in [0.3, 0.4) is 0 Å². The molecule has 1 amide bonds. The number of carbonyl (C=O) groups is 1. The van der Waals surface area contributed by atoms with Crippen LogP contribution in [-0.2, 0) is 0 Å². The van der Waals surface area contributed by atoms with E-state index in [4.69, 9.17) is 10.8 Å². The van der Waals surface area contributed by atoms with E-state index in [1.807, 2.05) is 23.1 Å². The maximum atomic E-state index is 12.5. The first-order chi connectivity index (χ1) is 9.76. The first kappa shape index (κ1) is 14.6. The van der Waals surface area contributed by atoms with Crippen molar-refractivity contribution in [2.75, 3.05) is 26.2 Å². The van der Waals surface area contributed by atoms with Gasteiger partial charge in [-0.25, -0.2) is 0 Å². The van der Waals surface area contributed by atoms with Crippen molar-refractivity contribution in [1.29, 1.82) is 0 Å². The van der Waals surface area contributed by atoms with Crippen molar-refractivity contribution in [3.8, 4) is 11.8 Å². The first-order valence-electron chi connectivity index (χ1n) is 6.94. The molecule has 106 valence electrons. The van der Waals surface area contributed by atoms with Gasteiger partial charge in [-0.05, 0) is 30.9 Å². The summed E-state index contributed by atoms with van der Waals surface area (Å²) in [6.45, 7) is 1.89. The summed E-state index contributed by atoms with van der Waals surface area (Å²) >= 11 is 0. The smallest absolute Gasteiger partial charge is 0.255 e. The third-order valence-corrected chi connectivity index (χ3v) is 3.64. The van der Waals surface area contributed by atoms with Crippen LogP contribution < -0.4 is 5.73 Å². The molecule has 1 aliphatic heterocycles. The Bertz CT molecular complexity index is 523. The Labute approximate surface area is 119 Å². The Morgan fingerprint density at radius 2 is 2.05 bits per heavy atom. The third-order valence-electron chi connectivity index (χ3n) is 3.64. The van der Waals surface area contributed by atoms with Crippen LogP contribution in [0.5, 0.6) is 0 Å². The van der Waals surface area contributed by atoms with E-state index in [1.54, 1.807) is 6.07 Å². The second-order valence-electron chi connectivity index (χ2n) is 4.97. The number of carbonyl (C=O) groups excluding carboxylic acids is 1. The van der Waals surface area contributed by atoms with Gasteiger partial charge in [-0.3, -0.25) is 4.79 Å². The highest BCUT2D eigenvalue weighted by Gasteiger charge is 2.24. The van der Waals surface area contributed by atoms with Gasteiger partial charge < -0.3 is 15.7 Å². The molecular formula is C16H20N2O2. The van der Waals surface area contributed by atoms with Crippen molar-refractivity contribution < 1.29 is 9.90 Å². The number of aliphatic hydroxyl groups excluding tert-OH is 1. The van der Waals surface area contributed by atoms with Crippen molar-refractivity contribution >= 4 is 5.91 Å². The van der Waals surface area contributed by atoms with Gasteiger partial charge in [0.05, 0.1) is 12.1 Å². The molecule has 0 atom stereocenters. The zero-order valence-corrected chi connectivity index (χ0v) is 11.5. The second kappa shape index (κ2) is 7.09. The molecule has 0 spiro atoms. The molecule has 0 saturated carbocycles. The van der Waals surface area contributed by atoms with Crippen LogP contribution in [0.4, 0.5) is 0 Å². The second-order valence-corrected chi connectivity index (χ2v) is 4.97. The highest BCUT2D eigenvalue weighted by atomic mass is 16.3. The van der Waals surface area contributed by atoms with Gasteiger partial charge in [0.1, 0.15) is 0 Å². The Morgan fingerprint density at radius 1 is 1.35 bits per heavy atom. The molecule has 1 aliphatic rings. The molecule has 1 aromatic rings. The van der Waals surface area contributed by atoms with Gasteiger partial charge in [0, 0.05) is 25.3 Å². The fraction of sp³-hybridized carbons (Fsp3) is 0.438. The van der Waals surface area contributed by atoms with E-state index in [0.29, 0.717) is 24.6 Å². The first-order valence-corrected chi connectivity index (χ1v) is 6.94. The minimum Gasteiger partial charge on any atom is -0.396 e. The highest BCUT2D eigenvalue weighted by molar-refractivity contribution is 5.96. The van der Waals surface area contributed by atoms with Crippen molar-refractivity contribution in [2.45, 2.75) is 12.8 Å². The summed E-state index contributed by atoms with van der Waals surface area (Å²) in [5.41, 5.74) is 6.75. The summed E-state index contributed by atoms with van der Waals surface area (Å²) in [5.74, 6) is 6.09. The average Bonchev–Trinajstić information content (AvgIpc) is 2.52. The summed E-state index contributed by atoms with van der Waals surface area (Å²) in [4.78, 5) is 14.4. The zero-order chi connectivity index (χ0) is 14.4. The third kappa shape index (κ3) is 3.38. The van der Waals surface area contributed by atoms with E-state index in [9.17, 15) is 4.79 Å². The molecule has 4 nitrogen and oxygen atoms in total. The van der Waals surface area contributed by atoms with Crippen molar-refractivity contribution in [3.63, 3.8) is 0 Å². The van der Waals surface area contributed by atoms with E-state index in [-0.39, 0.29) is 19.1 Å². The molecule has 1 heterocycles. The molecule has 0 aromatic heterocycles. The maximum absolute atomic E-state index is 12.5. The van der Waals surface area contributed by atoms with Gasteiger partial charge in [-0.2, -0.15) is 0 Å². The fourth-order valence-corrected chi connectivity index (χ4v) is 2.41. The van der Waals surface area contributed by atoms with Gasteiger partial charge in [-0.1, -0.05) is 24.0 Å². The predicted octanol–water partition coefficient (Wildman–Crippen LogP) is 0.841. The monoisotopic (exact) mass is 272 g/mol. The van der Waals surface area contributed by atoms with Crippen LogP contribution in [0.15, 0.2) is 24.3 Å². The summed E-state index contributed by atoms with van der Waals surface area (Å²) < 4.78 is 0. The molecule has 3 N–H and O–H groups in total. The van der Waals surface area contributed by atoms with E-state index in [1.165, 1.54) is 0 Å². The average molecular weight is 272 g/mol. The molecule has 0 unspecified atom stereocenters. The molecule has 1 fully saturated rings. The van der Waals surface area contributed by atoms with Crippen LogP contribution >= 0.6 is 0 Å². The fourth-order valence-electron chi connectivity index (χ4n) is 2.41. The number of nitrogens with two attached hydrogens (primary N) is 1. The predicted molar refractivity (Wildman–Crippen MR) is 78.1 cm³/mol. The summed E-state index contributed by atoms with van der Waals surface area (Å²) in [5, 5.41) is 9.14. The van der Waals surface area contributed by atoms with E-state index >= 15 is 0 Å². The number of piperidine rings is 1. The highest BCUT2D eigenvalue weighted by Crippen LogP contribution is 2.19. The molecule has 1 aromatic carbocycles. The van der Waals surface area contributed by atoms with Crippen molar-refractivity contribution in [2.24, 2.45) is 11.7 Å².